The molecule has 1 saturated heterocycles. The van der Waals surface area contributed by atoms with Gasteiger partial charge in [-0.3, -0.25) is 14.5 Å². The highest BCUT2D eigenvalue weighted by atomic mass is 16.5. The van der Waals surface area contributed by atoms with Gasteiger partial charge in [-0.25, -0.2) is 4.79 Å². The van der Waals surface area contributed by atoms with Gasteiger partial charge in [-0.2, -0.15) is 0 Å². The van der Waals surface area contributed by atoms with Crippen molar-refractivity contribution < 1.29 is 33.7 Å². The van der Waals surface area contributed by atoms with Crippen LogP contribution in [0.5, 0.6) is 5.75 Å². The van der Waals surface area contributed by atoms with E-state index < -0.39 is 5.97 Å². The van der Waals surface area contributed by atoms with Crippen molar-refractivity contribution in [1.82, 2.24) is 4.90 Å². The summed E-state index contributed by atoms with van der Waals surface area (Å²) in [5, 5.41) is 10.6. The minimum atomic E-state index is -0.574. The third kappa shape index (κ3) is 5.51. The van der Waals surface area contributed by atoms with E-state index in [9.17, 15) is 19.5 Å². The van der Waals surface area contributed by atoms with Crippen LogP contribution in [-0.4, -0.2) is 67.7 Å². The molecule has 0 atom stereocenters. The average molecular weight is 431 g/mol. The molecule has 2 heterocycles. The predicted molar refractivity (Wildman–Crippen MR) is 112 cm³/mol. The van der Waals surface area contributed by atoms with Crippen molar-refractivity contribution in [2.45, 2.75) is 39.7 Å². The first-order valence-electron chi connectivity index (χ1n) is 10.5. The topological polar surface area (TPSA) is 102 Å². The third-order valence-corrected chi connectivity index (χ3v) is 5.83. The van der Waals surface area contributed by atoms with E-state index >= 15 is 0 Å². The molecule has 168 valence electrons. The lowest BCUT2D eigenvalue weighted by Crippen LogP contribution is -2.38. The number of carbonyl (C=O) groups excluding carboxylic acids is 3. The molecule has 8 heteroatoms. The number of nitrogens with zero attached hydrogens (tertiary/aromatic N) is 1. The van der Waals surface area contributed by atoms with E-state index in [1.165, 1.54) is 0 Å². The van der Waals surface area contributed by atoms with E-state index in [-0.39, 0.29) is 36.7 Å². The van der Waals surface area contributed by atoms with Gasteiger partial charge < -0.3 is 19.3 Å². The third-order valence-electron chi connectivity index (χ3n) is 5.83. The number of allylic oxidation sites excluding steroid dienone is 2. The van der Waals surface area contributed by atoms with E-state index in [1.807, 2.05) is 13.0 Å². The number of aldehydes is 1. The summed E-state index contributed by atoms with van der Waals surface area (Å²) < 4.78 is 15.6. The summed E-state index contributed by atoms with van der Waals surface area (Å²) in [7, 11) is 0. The van der Waals surface area contributed by atoms with Gasteiger partial charge in [-0.15, -0.1) is 0 Å². The van der Waals surface area contributed by atoms with Crippen molar-refractivity contribution in [3.05, 3.63) is 39.5 Å². The first kappa shape index (κ1) is 23.0. The molecule has 1 N–H and O–H groups in total. The zero-order chi connectivity index (χ0) is 22.4. The molecule has 2 aliphatic rings. The number of ether oxygens (including phenoxy) is 3. The van der Waals surface area contributed by atoms with Gasteiger partial charge in [-0.1, -0.05) is 11.6 Å². The van der Waals surface area contributed by atoms with Crippen LogP contribution in [0.1, 0.15) is 57.2 Å². The summed E-state index contributed by atoms with van der Waals surface area (Å²) in [6, 6.07) is 0. The molecule has 1 aromatic carbocycles. The van der Waals surface area contributed by atoms with Crippen LogP contribution in [-0.2, 0) is 32.0 Å². The van der Waals surface area contributed by atoms with Gasteiger partial charge in [0.1, 0.15) is 24.5 Å². The Hall–Kier alpha value is -2.71. The number of rotatable bonds is 9. The first-order valence-corrected chi connectivity index (χ1v) is 10.5. The quantitative estimate of drug-likeness (QED) is 0.361. The van der Waals surface area contributed by atoms with Crippen molar-refractivity contribution in [3.8, 4) is 5.75 Å². The maximum Gasteiger partial charge on any atom is 0.342 e. The second kappa shape index (κ2) is 10.5. The number of phenolic OH excluding ortho intramolecular Hbond substituents is 1. The maximum atomic E-state index is 12.0. The summed E-state index contributed by atoms with van der Waals surface area (Å²) in [5.41, 5.74) is 3.07. The first-order chi connectivity index (χ1) is 14.9. The van der Waals surface area contributed by atoms with E-state index in [1.54, 1.807) is 6.92 Å². The summed E-state index contributed by atoms with van der Waals surface area (Å²) in [5.74, 6) is -1.03. The number of hydrogen-bond acceptors (Lipinski definition) is 8. The number of hydrogen-bond donors (Lipinski definition) is 1. The van der Waals surface area contributed by atoms with Crippen LogP contribution in [0.4, 0.5) is 0 Å². The number of aromatic hydroxyl groups is 1. The van der Waals surface area contributed by atoms with Crippen molar-refractivity contribution in [2.24, 2.45) is 0 Å². The maximum absolute atomic E-state index is 12.0. The molecular weight excluding hydrogens is 402 g/mol. The fourth-order valence-corrected chi connectivity index (χ4v) is 3.84. The molecule has 0 aromatic heterocycles. The number of esters is 2. The molecule has 0 bridgehead atoms. The number of cyclic esters (lactones) is 1. The zero-order valence-electron chi connectivity index (χ0n) is 18.1. The Bertz CT molecular complexity index is 885. The van der Waals surface area contributed by atoms with Gasteiger partial charge in [0.25, 0.3) is 0 Å². The van der Waals surface area contributed by atoms with Gasteiger partial charge in [0.15, 0.2) is 6.29 Å². The minimum absolute atomic E-state index is 0.0667. The summed E-state index contributed by atoms with van der Waals surface area (Å²) in [4.78, 5) is 37.8. The summed E-state index contributed by atoms with van der Waals surface area (Å²) in [6.07, 6.45) is 3.60. The van der Waals surface area contributed by atoms with Gasteiger partial charge >= 0.3 is 11.9 Å². The van der Waals surface area contributed by atoms with Crippen LogP contribution in [0.25, 0.3) is 0 Å². The lowest BCUT2D eigenvalue weighted by molar-refractivity contribution is -0.144. The lowest BCUT2D eigenvalue weighted by atomic mass is 9.91. The standard InChI is InChI=1S/C23H29NO7/c1-15(4-6-20(26)30-12-9-24-7-10-29-11-8-24)3-5-17-18(13-25)16(2)19-14-31-23(28)21(19)22(17)27/h3,13,27H,4-12,14H2,1-2H3/b15-3+. The predicted octanol–water partition coefficient (Wildman–Crippen LogP) is 2.33. The van der Waals surface area contributed by atoms with Crippen LogP contribution in [0.2, 0.25) is 0 Å². The van der Waals surface area contributed by atoms with E-state index in [2.05, 4.69) is 4.90 Å². The Morgan fingerprint density at radius 3 is 2.71 bits per heavy atom. The molecule has 0 radical (unpaired) electrons. The highest BCUT2D eigenvalue weighted by Gasteiger charge is 2.31. The lowest BCUT2D eigenvalue weighted by Gasteiger charge is -2.26. The Balaban J connectivity index is 1.54. The Morgan fingerprint density at radius 1 is 1.26 bits per heavy atom. The van der Waals surface area contributed by atoms with Crippen molar-refractivity contribution in [3.63, 3.8) is 0 Å². The van der Waals surface area contributed by atoms with Crippen LogP contribution >= 0.6 is 0 Å². The molecule has 0 saturated carbocycles. The highest BCUT2D eigenvalue weighted by molar-refractivity contribution is 5.99. The summed E-state index contributed by atoms with van der Waals surface area (Å²) >= 11 is 0. The largest absolute Gasteiger partial charge is 0.507 e. The number of fused-ring (bicyclic) bond motifs is 1. The molecule has 2 aliphatic heterocycles. The van der Waals surface area contributed by atoms with E-state index in [4.69, 9.17) is 14.2 Å². The van der Waals surface area contributed by atoms with Crippen molar-refractivity contribution >= 4 is 18.2 Å². The Kier molecular flexibility index (Phi) is 7.81. The van der Waals surface area contributed by atoms with Crippen LogP contribution in [0.15, 0.2) is 11.6 Å². The normalized spacial score (nSPS) is 16.7. The highest BCUT2D eigenvalue weighted by Crippen LogP contribution is 2.37. The van der Waals surface area contributed by atoms with Crippen LogP contribution in [0.3, 0.4) is 0 Å². The fourth-order valence-electron chi connectivity index (χ4n) is 3.84. The molecule has 3 rings (SSSR count). The molecule has 8 nitrogen and oxygen atoms in total. The Morgan fingerprint density at radius 2 is 2.00 bits per heavy atom. The number of morpholine rings is 1. The second-order valence-corrected chi connectivity index (χ2v) is 7.84. The monoisotopic (exact) mass is 431 g/mol. The second-order valence-electron chi connectivity index (χ2n) is 7.84. The van der Waals surface area contributed by atoms with Gasteiger partial charge in [0, 0.05) is 42.7 Å². The molecule has 1 fully saturated rings. The molecule has 0 aliphatic carbocycles. The Labute approximate surface area is 181 Å². The SMILES string of the molecule is C/C(=C\Cc1c(O)c2c(c(C)c1C=O)COC2=O)CCC(=O)OCCN1CCOCC1. The smallest absolute Gasteiger partial charge is 0.342 e. The molecule has 1 aromatic rings. The van der Waals surface area contributed by atoms with E-state index in [0.29, 0.717) is 61.3 Å². The van der Waals surface area contributed by atoms with Gasteiger partial charge in [0.05, 0.1) is 13.2 Å². The number of phenols is 1. The molecule has 31 heavy (non-hydrogen) atoms. The molecule has 0 spiro atoms. The molecule has 0 amide bonds. The summed E-state index contributed by atoms with van der Waals surface area (Å²) in [6.45, 7) is 7.90. The fraction of sp³-hybridized carbons (Fsp3) is 0.522. The van der Waals surface area contributed by atoms with Crippen molar-refractivity contribution in [2.75, 3.05) is 39.5 Å². The van der Waals surface area contributed by atoms with Gasteiger partial charge in [-0.05, 0) is 32.3 Å². The molecule has 0 unspecified atom stereocenters. The minimum Gasteiger partial charge on any atom is -0.507 e. The van der Waals surface area contributed by atoms with E-state index in [0.717, 1.165) is 18.7 Å². The van der Waals surface area contributed by atoms with Crippen LogP contribution in [0, 0.1) is 6.92 Å². The average Bonchev–Trinajstić information content (AvgIpc) is 3.16. The molecular formula is C23H29NO7. The number of benzene rings is 1. The van der Waals surface area contributed by atoms with Crippen molar-refractivity contribution in [1.29, 1.82) is 0 Å². The number of carbonyl (C=O) groups is 3. The van der Waals surface area contributed by atoms with Crippen LogP contribution < -0.4 is 0 Å². The van der Waals surface area contributed by atoms with Gasteiger partial charge in [0.2, 0.25) is 0 Å². The zero-order valence-corrected chi connectivity index (χ0v) is 18.1.